The molecule has 2 aromatic heterocycles. The normalized spacial score (nSPS) is 19.7. The van der Waals surface area contributed by atoms with E-state index < -0.39 is 12.0 Å². The maximum atomic E-state index is 14.4. The third-order valence-corrected chi connectivity index (χ3v) is 5.31. The maximum absolute atomic E-state index is 14.4. The van der Waals surface area contributed by atoms with Gasteiger partial charge in [-0.25, -0.2) is 0 Å². The van der Waals surface area contributed by atoms with E-state index in [9.17, 15) is 13.6 Å². The lowest BCUT2D eigenvalue weighted by atomic mass is 10.0. The highest BCUT2D eigenvalue weighted by Gasteiger charge is 2.39. The van der Waals surface area contributed by atoms with Gasteiger partial charge in [0.05, 0.1) is 5.52 Å². The number of thiophene rings is 1. The van der Waals surface area contributed by atoms with Crippen LogP contribution in [-0.2, 0) is 0 Å². The summed E-state index contributed by atoms with van der Waals surface area (Å²) in [5, 5.41) is 0.753. The molecule has 1 N–H and O–H groups in total. The van der Waals surface area contributed by atoms with Crippen molar-refractivity contribution in [2.75, 3.05) is 0 Å². The Morgan fingerprint density at radius 1 is 1.26 bits per heavy atom. The number of H-pyrrole nitrogens is 1. The number of fused-ring (bicyclic) bond motifs is 3. The van der Waals surface area contributed by atoms with Gasteiger partial charge in [0.15, 0.2) is 4.77 Å². The molecule has 1 aliphatic rings. The number of benzene rings is 1. The highest BCUT2D eigenvalue weighted by atomic mass is 32.1. The first kappa shape index (κ1) is 14.5. The second-order valence-corrected chi connectivity index (χ2v) is 6.71. The van der Waals surface area contributed by atoms with Gasteiger partial charge in [-0.3, -0.25) is 9.78 Å². The highest BCUT2D eigenvalue weighted by Crippen LogP contribution is 2.39. The smallest absolute Gasteiger partial charge is 0.290 e. The van der Waals surface area contributed by atoms with Crippen molar-refractivity contribution in [2.45, 2.75) is 12.0 Å². The van der Waals surface area contributed by atoms with Crippen molar-refractivity contribution in [2.24, 2.45) is 0 Å². The largest absolute Gasteiger partial charge is 0.303 e. The molecule has 2 heterocycles. The summed E-state index contributed by atoms with van der Waals surface area (Å²) in [4.78, 5) is 14.7. The number of aromatic amines is 1. The van der Waals surface area contributed by atoms with Crippen molar-refractivity contribution < 1.29 is 8.78 Å². The van der Waals surface area contributed by atoms with E-state index in [1.54, 1.807) is 6.08 Å². The Balaban J connectivity index is 2.19. The molecule has 1 aliphatic carbocycles. The van der Waals surface area contributed by atoms with Gasteiger partial charge < -0.3 is 4.57 Å². The Kier molecular flexibility index (Phi) is 3.11. The molecule has 0 saturated carbocycles. The molecular weight excluding hydrogens is 338 g/mol. The van der Waals surface area contributed by atoms with Crippen molar-refractivity contribution in [3.8, 4) is 0 Å². The van der Waals surface area contributed by atoms with Crippen LogP contribution in [0.15, 0.2) is 53.4 Å². The van der Waals surface area contributed by atoms with Gasteiger partial charge in [-0.05, 0) is 24.4 Å². The molecule has 0 amide bonds. The van der Waals surface area contributed by atoms with Gasteiger partial charge in [-0.2, -0.15) is 8.78 Å². The standard InChI is InChI=1S/C16H10F2N2OS2/c17-16(18)8-4-3-7-11(16)20-12-9-5-1-2-6-10(9)23-13(12)14(21)19-15(20)22/h1-8,11H,(H,19,21,22). The molecule has 1 unspecified atom stereocenters. The lowest BCUT2D eigenvalue weighted by Crippen LogP contribution is -2.31. The van der Waals surface area contributed by atoms with E-state index in [1.807, 2.05) is 24.3 Å². The van der Waals surface area contributed by atoms with Gasteiger partial charge >= 0.3 is 0 Å². The highest BCUT2D eigenvalue weighted by molar-refractivity contribution is 7.71. The topological polar surface area (TPSA) is 37.8 Å². The zero-order valence-corrected chi connectivity index (χ0v) is 13.3. The Bertz CT molecular complexity index is 1100. The Morgan fingerprint density at radius 2 is 2.04 bits per heavy atom. The quantitative estimate of drug-likeness (QED) is 0.654. The summed E-state index contributed by atoms with van der Waals surface area (Å²) < 4.78 is 31.4. The first-order valence-corrected chi connectivity index (χ1v) is 8.11. The number of nitrogens with zero attached hydrogens (tertiary/aromatic N) is 1. The van der Waals surface area contributed by atoms with Crippen LogP contribution in [0.1, 0.15) is 6.04 Å². The Labute approximate surface area is 138 Å². The van der Waals surface area contributed by atoms with Gasteiger partial charge in [-0.15, -0.1) is 11.3 Å². The first-order valence-electron chi connectivity index (χ1n) is 6.89. The van der Waals surface area contributed by atoms with Crippen molar-refractivity contribution >= 4 is 43.9 Å². The fraction of sp³-hybridized carbons (Fsp3) is 0.125. The van der Waals surface area contributed by atoms with Gasteiger partial charge in [0, 0.05) is 10.1 Å². The molecule has 7 heteroatoms. The molecule has 0 fully saturated rings. The summed E-state index contributed by atoms with van der Waals surface area (Å²) in [5.41, 5.74) is 0.116. The van der Waals surface area contributed by atoms with E-state index in [4.69, 9.17) is 12.2 Å². The lowest BCUT2D eigenvalue weighted by Gasteiger charge is -2.27. The number of hydrogen-bond donors (Lipinski definition) is 1. The summed E-state index contributed by atoms with van der Waals surface area (Å²) in [6, 6.07) is 6.08. The van der Waals surface area contributed by atoms with Crippen LogP contribution in [0, 0.1) is 4.77 Å². The van der Waals surface area contributed by atoms with E-state index in [0.717, 1.165) is 16.2 Å². The van der Waals surface area contributed by atoms with E-state index in [2.05, 4.69) is 4.98 Å². The van der Waals surface area contributed by atoms with Crippen LogP contribution >= 0.6 is 23.6 Å². The summed E-state index contributed by atoms with van der Waals surface area (Å²) in [7, 11) is 0. The molecule has 0 saturated heterocycles. The molecule has 1 aromatic carbocycles. The van der Waals surface area contributed by atoms with Crippen LogP contribution in [0.4, 0.5) is 8.78 Å². The third kappa shape index (κ3) is 2.11. The zero-order chi connectivity index (χ0) is 16.2. The predicted octanol–water partition coefficient (Wildman–Crippen LogP) is 4.58. The molecule has 4 rings (SSSR count). The van der Waals surface area contributed by atoms with Crippen LogP contribution in [-0.4, -0.2) is 15.5 Å². The lowest BCUT2D eigenvalue weighted by molar-refractivity contribution is 0.0153. The number of halogens is 2. The molecule has 0 aliphatic heterocycles. The number of alkyl halides is 2. The minimum Gasteiger partial charge on any atom is -0.303 e. The van der Waals surface area contributed by atoms with Crippen LogP contribution < -0.4 is 5.56 Å². The second-order valence-electron chi connectivity index (χ2n) is 5.27. The number of hydrogen-bond acceptors (Lipinski definition) is 3. The van der Waals surface area contributed by atoms with Crippen LogP contribution in [0.2, 0.25) is 0 Å². The van der Waals surface area contributed by atoms with Gasteiger partial charge in [0.2, 0.25) is 0 Å². The van der Waals surface area contributed by atoms with Crippen LogP contribution in [0.3, 0.4) is 0 Å². The van der Waals surface area contributed by atoms with E-state index in [-0.39, 0.29) is 10.3 Å². The van der Waals surface area contributed by atoms with E-state index >= 15 is 0 Å². The SMILES string of the molecule is O=c1[nH]c(=S)n(C2C=CC=CC2(F)F)c2c1sc1ccccc12. The summed E-state index contributed by atoms with van der Waals surface area (Å²) in [5.74, 6) is -3.08. The van der Waals surface area contributed by atoms with Gasteiger partial charge in [0.1, 0.15) is 10.7 Å². The molecule has 0 spiro atoms. The fourth-order valence-electron chi connectivity index (χ4n) is 2.84. The molecule has 3 aromatic rings. The monoisotopic (exact) mass is 348 g/mol. The van der Waals surface area contributed by atoms with E-state index in [0.29, 0.717) is 10.2 Å². The third-order valence-electron chi connectivity index (χ3n) is 3.85. The average Bonchev–Trinajstić information content (AvgIpc) is 2.89. The number of nitrogens with one attached hydrogen (secondary N) is 1. The zero-order valence-electron chi connectivity index (χ0n) is 11.6. The molecule has 23 heavy (non-hydrogen) atoms. The van der Waals surface area contributed by atoms with Gasteiger partial charge in [-0.1, -0.05) is 36.4 Å². The number of rotatable bonds is 1. The number of aromatic nitrogens is 2. The minimum atomic E-state index is -3.08. The second kappa shape index (κ2) is 4.94. The molecule has 0 radical (unpaired) electrons. The van der Waals surface area contributed by atoms with Crippen LogP contribution in [0.5, 0.6) is 0 Å². The van der Waals surface area contributed by atoms with Crippen molar-refractivity contribution in [1.29, 1.82) is 0 Å². The molecule has 3 nitrogen and oxygen atoms in total. The van der Waals surface area contributed by atoms with Crippen LogP contribution in [0.25, 0.3) is 20.3 Å². The molecule has 1 atom stereocenters. The Morgan fingerprint density at radius 3 is 2.83 bits per heavy atom. The average molecular weight is 348 g/mol. The summed E-state index contributed by atoms with van der Waals surface area (Å²) in [6.07, 6.45) is 5.13. The van der Waals surface area contributed by atoms with Crippen molar-refractivity contribution in [1.82, 2.24) is 9.55 Å². The summed E-state index contributed by atoms with van der Waals surface area (Å²) in [6.45, 7) is 0. The predicted molar refractivity (Wildman–Crippen MR) is 91.0 cm³/mol. The molecular formula is C16H10F2N2OS2. The molecule has 0 bridgehead atoms. The summed E-state index contributed by atoms with van der Waals surface area (Å²) >= 11 is 6.48. The molecule has 116 valence electrons. The Hall–Kier alpha value is -2.12. The maximum Gasteiger partial charge on any atom is 0.290 e. The number of allylic oxidation sites excluding steroid dienone is 4. The minimum absolute atomic E-state index is 0.00400. The first-order chi connectivity index (χ1) is 11.0. The van der Waals surface area contributed by atoms with Gasteiger partial charge in [0.25, 0.3) is 11.5 Å². The van der Waals surface area contributed by atoms with Crippen molar-refractivity contribution in [3.63, 3.8) is 0 Å². The van der Waals surface area contributed by atoms with Crippen molar-refractivity contribution in [3.05, 3.63) is 63.7 Å². The van der Waals surface area contributed by atoms with E-state index in [1.165, 1.54) is 28.1 Å². The fourth-order valence-corrected chi connectivity index (χ4v) is 4.23.